The number of anilines is 2. The zero-order chi connectivity index (χ0) is 27.6. The van der Waals surface area contributed by atoms with Gasteiger partial charge in [0.15, 0.2) is 11.5 Å². The second-order valence-corrected chi connectivity index (χ2v) is 9.50. The number of nitrogens with one attached hydrogen (secondary N) is 1. The van der Waals surface area contributed by atoms with Gasteiger partial charge in [-0.1, -0.05) is 30.3 Å². The van der Waals surface area contributed by atoms with Gasteiger partial charge in [0, 0.05) is 23.0 Å². The molecule has 2 aliphatic rings. The molecule has 0 radical (unpaired) electrons. The van der Waals surface area contributed by atoms with Crippen LogP contribution in [-0.2, 0) is 4.79 Å². The SMILES string of the molecule is COc1ccc([C@H]2[C@@H](C(=O)Nc3ccc4c(c3)OCCO4)c3ccccc3C(=O)N2c2ccc(OC)cc2)cc1. The number of rotatable bonds is 6. The number of hydrogen-bond acceptors (Lipinski definition) is 6. The first-order valence-corrected chi connectivity index (χ1v) is 13.0. The van der Waals surface area contributed by atoms with Crippen LogP contribution in [0.15, 0.2) is 91.0 Å². The van der Waals surface area contributed by atoms with Crippen LogP contribution in [0.25, 0.3) is 0 Å². The zero-order valence-corrected chi connectivity index (χ0v) is 22.1. The number of methoxy groups -OCH3 is 2. The highest BCUT2D eigenvalue weighted by Gasteiger charge is 2.45. The van der Waals surface area contributed by atoms with Gasteiger partial charge in [-0.15, -0.1) is 0 Å². The van der Waals surface area contributed by atoms with Crippen LogP contribution in [0.4, 0.5) is 11.4 Å². The smallest absolute Gasteiger partial charge is 0.259 e. The predicted octanol–water partition coefficient (Wildman–Crippen LogP) is 5.60. The van der Waals surface area contributed by atoms with Crippen molar-refractivity contribution >= 4 is 23.2 Å². The molecule has 0 fully saturated rings. The van der Waals surface area contributed by atoms with E-state index in [0.29, 0.717) is 58.7 Å². The van der Waals surface area contributed by atoms with Crippen LogP contribution in [-0.4, -0.2) is 39.2 Å². The Hall–Kier alpha value is -4.98. The number of carbonyl (C=O) groups is 2. The largest absolute Gasteiger partial charge is 0.497 e. The second-order valence-electron chi connectivity index (χ2n) is 9.50. The van der Waals surface area contributed by atoms with Crippen molar-refractivity contribution in [3.05, 3.63) is 108 Å². The monoisotopic (exact) mass is 536 g/mol. The Labute approximate surface area is 232 Å². The van der Waals surface area contributed by atoms with Gasteiger partial charge in [0.25, 0.3) is 5.91 Å². The van der Waals surface area contributed by atoms with E-state index in [9.17, 15) is 9.59 Å². The van der Waals surface area contributed by atoms with Gasteiger partial charge in [-0.05, 0) is 65.7 Å². The van der Waals surface area contributed by atoms with Crippen molar-refractivity contribution in [3.63, 3.8) is 0 Å². The molecule has 0 aromatic heterocycles. The summed E-state index contributed by atoms with van der Waals surface area (Å²) in [4.78, 5) is 30.0. The topological polar surface area (TPSA) is 86.3 Å². The quantitative estimate of drug-likeness (QED) is 0.345. The van der Waals surface area contributed by atoms with Crippen LogP contribution >= 0.6 is 0 Å². The van der Waals surface area contributed by atoms with E-state index in [-0.39, 0.29) is 11.8 Å². The summed E-state index contributed by atoms with van der Waals surface area (Å²) in [5.41, 5.74) is 3.16. The summed E-state index contributed by atoms with van der Waals surface area (Å²) in [5, 5.41) is 3.07. The van der Waals surface area contributed by atoms with Gasteiger partial charge in [-0.25, -0.2) is 0 Å². The van der Waals surface area contributed by atoms with E-state index in [4.69, 9.17) is 18.9 Å². The fourth-order valence-electron chi connectivity index (χ4n) is 5.33. The Kier molecular flexibility index (Phi) is 6.74. The standard InChI is InChI=1S/C32H28N2O6/c1-37-23-12-7-20(8-13-23)30-29(31(35)33-21-9-16-27-28(19-21)40-18-17-39-27)25-5-3-4-6-26(25)32(36)34(30)22-10-14-24(38-2)15-11-22/h3-16,19,29-30H,17-18H2,1-2H3,(H,33,35)/t29-,30-/m0/s1. The third-order valence-electron chi connectivity index (χ3n) is 7.24. The average molecular weight is 537 g/mol. The predicted molar refractivity (Wildman–Crippen MR) is 151 cm³/mol. The summed E-state index contributed by atoms with van der Waals surface area (Å²) in [7, 11) is 3.19. The fraction of sp³-hybridized carbons (Fsp3) is 0.188. The van der Waals surface area contributed by atoms with Crippen LogP contribution in [0.2, 0.25) is 0 Å². The summed E-state index contributed by atoms with van der Waals surface area (Å²) in [6.45, 7) is 0.926. The number of benzene rings is 4. The van der Waals surface area contributed by atoms with Crippen LogP contribution in [0.5, 0.6) is 23.0 Å². The third-order valence-corrected chi connectivity index (χ3v) is 7.24. The Balaban J connectivity index is 1.47. The molecule has 0 saturated heterocycles. The number of hydrogen-bond donors (Lipinski definition) is 1. The molecular weight excluding hydrogens is 508 g/mol. The molecule has 2 heterocycles. The molecule has 2 atom stereocenters. The second kappa shape index (κ2) is 10.6. The number of fused-ring (bicyclic) bond motifs is 2. The van der Waals surface area contributed by atoms with Crippen molar-refractivity contribution in [1.82, 2.24) is 0 Å². The van der Waals surface area contributed by atoms with Gasteiger partial charge in [0.05, 0.1) is 26.2 Å². The van der Waals surface area contributed by atoms with E-state index in [0.717, 1.165) is 5.56 Å². The highest BCUT2D eigenvalue weighted by molar-refractivity contribution is 6.12. The minimum absolute atomic E-state index is 0.190. The molecule has 8 nitrogen and oxygen atoms in total. The summed E-state index contributed by atoms with van der Waals surface area (Å²) in [6.07, 6.45) is 0. The van der Waals surface area contributed by atoms with Crippen LogP contribution in [0.3, 0.4) is 0 Å². The Morgan fingerprint density at radius 3 is 2.17 bits per heavy atom. The molecule has 40 heavy (non-hydrogen) atoms. The lowest BCUT2D eigenvalue weighted by molar-refractivity contribution is -0.118. The lowest BCUT2D eigenvalue weighted by atomic mass is 9.78. The molecule has 0 spiro atoms. The highest BCUT2D eigenvalue weighted by Crippen LogP contribution is 2.46. The summed E-state index contributed by atoms with van der Waals surface area (Å²) in [5.74, 6) is 1.40. The van der Waals surface area contributed by atoms with Crippen molar-refractivity contribution in [1.29, 1.82) is 0 Å². The molecule has 6 rings (SSSR count). The fourth-order valence-corrected chi connectivity index (χ4v) is 5.33. The maximum Gasteiger partial charge on any atom is 0.259 e. The number of ether oxygens (including phenoxy) is 4. The van der Waals surface area contributed by atoms with Gasteiger partial charge in [0.2, 0.25) is 5.91 Å². The van der Waals surface area contributed by atoms with E-state index in [1.165, 1.54) is 0 Å². The van der Waals surface area contributed by atoms with E-state index in [2.05, 4.69) is 5.32 Å². The number of nitrogens with zero attached hydrogens (tertiary/aromatic N) is 1. The maximum atomic E-state index is 14.2. The van der Waals surface area contributed by atoms with E-state index < -0.39 is 12.0 Å². The van der Waals surface area contributed by atoms with Gasteiger partial charge < -0.3 is 24.3 Å². The van der Waals surface area contributed by atoms with Crippen LogP contribution in [0.1, 0.15) is 33.4 Å². The lowest BCUT2D eigenvalue weighted by Crippen LogP contribution is -2.46. The van der Waals surface area contributed by atoms with Gasteiger partial charge in [-0.2, -0.15) is 0 Å². The van der Waals surface area contributed by atoms with Crippen LogP contribution in [0, 0.1) is 0 Å². The van der Waals surface area contributed by atoms with E-state index in [1.807, 2.05) is 54.6 Å². The summed E-state index contributed by atoms with van der Waals surface area (Å²) in [6, 6.07) is 26.7. The van der Waals surface area contributed by atoms with Gasteiger partial charge in [0.1, 0.15) is 24.7 Å². The van der Waals surface area contributed by atoms with Gasteiger partial charge in [-0.3, -0.25) is 14.5 Å². The Morgan fingerprint density at radius 2 is 1.48 bits per heavy atom. The van der Waals surface area contributed by atoms with Crippen LogP contribution < -0.4 is 29.2 Å². The number of amides is 2. The van der Waals surface area contributed by atoms with E-state index in [1.54, 1.807) is 55.5 Å². The molecular formula is C32H28N2O6. The third kappa shape index (κ3) is 4.58. The minimum Gasteiger partial charge on any atom is -0.497 e. The van der Waals surface area contributed by atoms with Crippen molar-refractivity contribution in [3.8, 4) is 23.0 Å². The lowest BCUT2D eigenvalue weighted by Gasteiger charge is -2.42. The molecule has 0 aliphatic carbocycles. The molecule has 1 N–H and O–H groups in total. The van der Waals surface area contributed by atoms with Crippen molar-refractivity contribution in [2.45, 2.75) is 12.0 Å². The first kappa shape index (κ1) is 25.3. The Morgan fingerprint density at radius 1 is 0.825 bits per heavy atom. The van der Waals surface area contributed by atoms with Crippen molar-refractivity contribution in [2.24, 2.45) is 0 Å². The Bertz CT molecular complexity index is 1550. The maximum absolute atomic E-state index is 14.2. The van der Waals surface area contributed by atoms with Gasteiger partial charge >= 0.3 is 0 Å². The molecule has 2 aliphatic heterocycles. The normalized spacial score (nSPS) is 17.6. The molecule has 4 aromatic carbocycles. The molecule has 202 valence electrons. The summed E-state index contributed by atoms with van der Waals surface area (Å²) >= 11 is 0. The van der Waals surface area contributed by atoms with E-state index >= 15 is 0 Å². The average Bonchev–Trinajstić information content (AvgIpc) is 3.01. The molecule has 0 saturated carbocycles. The molecule has 0 unspecified atom stereocenters. The molecule has 2 amide bonds. The molecule has 8 heteroatoms. The number of carbonyl (C=O) groups excluding carboxylic acids is 2. The zero-order valence-electron chi connectivity index (χ0n) is 22.1. The summed E-state index contributed by atoms with van der Waals surface area (Å²) < 4.78 is 22.1. The first-order valence-electron chi connectivity index (χ1n) is 13.0. The van der Waals surface area contributed by atoms with Crippen molar-refractivity contribution in [2.75, 3.05) is 37.7 Å². The minimum atomic E-state index is -0.724. The first-order chi connectivity index (χ1) is 19.6. The highest BCUT2D eigenvalue weighted by atomic mass is 16.6. The molecule has 0 bridgehead atoms. The van der Waals surface area contributed by atoms with Crippen molar-refractivity contribution < 1.29 is 28.5 Å². The molecule has 4 aromatic rings.